The van der Waals surface area contributed by atoms with Gasteiger partial charge in [0.05, 0.1) is 0 Å². The van der Waals surface area contributed by atoms with Crippen LogP contribution < -0.4 is 5.19 Å². The molecule has 0 nitrogen and oxygen atoms in total. The third-order valence-electron chi connectivity index (χ3n) is 1.84. The van der Waals surface area contributed by atoms with Crippen LogP contribution in [0.4, 0.5) is 0 Å². The van der Waals surface area contributed by atoms with Crippen LogP contribution in [0.15, 0.2) is 30.3 Å². The molecule has 1 unspecified atom stereocenters. The number of hydrogen-bond donors (Lipinski definition) is 0. The fourth-order valence-electron chi connectivity index (χ4n) is 1.21. The molecular weight excluding hydrogens is 184 g/mol. The molecule has 0 saturated heterocycles. The van der Waals surface area contributed by atoms with E-state index in [4.69, 9.17) is 11.1 Å². The summed E-state index contributed by atoms with van der Waals surface area (Å²) >= 11 is 6.34. The smallest absolute Gasteiger partial charge is 0.165 e. The van der Waals surface area contributed by atoms with E-state index in [2.05, 4.69) is 38.1 Å². The molecule has 1 aromatic carbocycles. The third kappa shape index (κ3) is 3.00. The lowest BCUT2D eigenvalue weighted by molar-refractivity contribution is 0.731. The van der Waals surface area contributed by atoms with Crippen LogP contribution in [-0.2, 0) is 0 Å². The molecule has 1 rings (SSSR count). The zero-order valence-electron chi connectivity index (χ0n) is 7.63. The van der Waals surface area contributed by atoms with Crippen LogP contribution >= 0.6 is 11.1 Å². The summed E-state index contributed by atoms with van der Waals surface area (Å²) in [5.41, 5.74) is 0. The molecular formula is C10H15ClSi. The van der Waals surface area contributed by atoms with E-state index in [9.17, 15) is 0 Å². The Bertz CT molecular complexity index is 221. The summed E-state index contributed by atoms with van der Waals surface area (Å²) in [6.07, 6.45) is 0. The zero-order valence-corrected chi connectivity index (χ0v) is 9.54. The van der Waals surface area contributed by atoms with Crippen LogP contribution in [0.2, 0.25) is 6.04 Å². The van der Waals surface area contributed by atoms with E-state index in [1.807, 2.05) is 6.07 Å². The maximum Gasteiger partial charge on any atom is 0.171 e. The van der Waals surface area contributed by atoms with Crippen molar-refractivity contribution in [2.75, 3.05) is 0 Å². The predicted molar refractivity (Wildman–Crippen MR) is 58.7 cm³/mol. The van der Waals surface area contributed by atoms with Crippen molar-refractivity contribution in [3.63, 3.8) is 0 Å². The van der Waals surface area contributed by atoms with Crippen molar-refractivity contribution in [2.45, 2.75) is 19.9 Å². The molecule has 0 aliphatic carbocycles. The lowest BCUT2D eigenvalue weighted by atomic mass is 10.3. The lowest BCUT2D eigenvalue weighted by Gasteiger charge is -2.09. The second kappa shape index (κ2) is 4.68. The molecule has 0 aliphatic heterocycles. The maximum atomic E-state index is 6.34. The highest BCUT2D eigenvalue weighted by atomic mass is 35.6. The first-order chi connectivity index (χ1) is 5.70. The molecule has 1 atom stereocenters. The molecule has 2 heteroatoms. The van der Waals surface area contributed by atoms with E-state index in [1.165, 1.54) is 11.2 Å². The first-order valence-corrected chi connectivity index (χ1v) is 7.53. The summed E-state index contributed by atoms with van der Waals surface area (Å²) in [5, 5.41) is 1.37. The van der Waals surface area contributed by atoms with Crippen molar-refractivity contribution < 1.29 is 0 Å². The zero-order chi connectivity index (χ0) is 8.97. The van der Waals surface area contributed by atoms with E-state index in [0.717, 1.165) is 5.92 Å². The van der Waals surface area contributed by atoms with Crippen LogP contribution in [0.1, 0.15) is 13.8 Å². The van der Waals surface area contributed by atoms with Gasteiger partial charge in [0.15, 0.2) is 8.11 Å². The fraction of sp³-hybridized carbons (Fsp3) is 0.400. The average molecular weight is 199 g/mol. The van der Waals surface area contributed by atoms with E-state index in [-0.39, 0.29) is 0 Å². The summed E-state index contributed by atoms with van der Waals surface area (Å²) in [5.74, 6) is 0.722. The molecule has 66 valence electrons. The Balaban J connectivity index is 2.59. The van der Waals surface area contributed by atoms with Gasteiger partial charge in [0.2, 0.25) is 0 Å². The second-order valence-electron chi connectivity index (χ2n) is 3.51. The van der Waals surface area contributed by atoms with Crippen LogP contribution in [0, 0.1) is 5.92 Å². The quantitative estimate of drug-likeness (QED) is 0.517. The van der Waals surface area contributed by atoms with E-state index >= 15 is 0 Å². The summed E-state index contributed by atoms with van der Waals surface area (Å²) in [6.45, 7) is 4.46. The van der Waals surface area contributed by atoms with Crippen molar-refractivity contribution in [1.29, 1.82) is 0 Å². The van der Waals surface area contributed by atoms with Gasteiger partial charge in [0, 0.05) is 0 Å². The molecule has 0 aromatic heterocycles. The molecule has 12 heavy (non-hydrogen) atoms. The Morgan fingerprint density at radius 2 is 1.83 bits per heavy atom. The van der Waals surface area contributed by atoms with Crippen LogP contribution in [0.25, 0.3) is 0 Å². The highest BCUT2D eigenvalue weighted by molar-refractivity contribution is 7.14. The Hall–Kier alpha value is -0.273. The first kappa shape index (κ1) is 9.81. The van der Waals surface area contributed by atoms with Gasteiger partial charge < -0.3 is 0 Å². The number of hydrogen-bond acceptors (Lipinski definition) is 0. The third-order valence-corrected chi connectivity index (χ3v) is 5.60. The topological polar surface area (TPSA) is 0 Å². The fourth-order valence-corrected chi connectivity index (χ4v) is 4.46. The van der Waals surface area contributed by atoms with Crippen molar-refractivity contribution in [1.82, 2.24) is 0 Å². The SMILES string of the molecule is CC(C)C[SiH](Cl)c1ccccc1. The Morgan fingerprint density at radius 3 is 2.33 bits per heavy atom. The van der Waals surface area contributed by atoms with Crippen LogP contribution in [0.3, 0.4) is 0 Å². The van der Waals surface area contributed by atoms with Crippen LogP contribution in [0.5, 0.6) is 0 Å². The normalized spacial score (nSPS) is 13.3. The Morgan fingerprint density at radius 1 is 1.25 bits per heavy atom. The monoisotopic (exact) mass is 198 g/mol. The summed E-state index contributed by atoms with van der Waals surface area (Å²) < 4.78 is 0. The van der Waals surface area contributed by atoms with Crippen molar-refractivity contribution in [2.24, 2.45) is 5.92 Å². The van der Waals surface area contributed by atoms with E-state index < -0.39 is 8.11 Å². The molecule has 0 spiro atoms. The number of halogens is 1. The molecule has 0 aliphatic rings. The van der Waals surface area contributed by atoms with Gasteiger partial charge in [0.1, 0.15) is 0 Å². The number of rotatable bonds is 3. The van der Waals surface area contributed by atoms with Gasteiger partial charge in [-0.2, -0.15) is 11.1 Å². The van der Waals surface area contributed by atoms with Crippen LogP contribution in [-0.4, -0.2) is 8.11 Å². The van der Waals surface area contributed by atoms with E-state index in [1.54, 1.807) is 0 Å². The summed E-state index contributed by atoms with van der Waals surface area (Å²) in [4.78, 5) is 0. The highest BCUT2D eigenvalue weighted by Gasteiger charge is 2.10. The molecule has 0 bridgehead atoms. The van der Waals surface area contributed by atoms with Gasteiger partial charge >= 0.3 is 0 Å². The van der Waals surface area contributed by atoms with Gasteiger partial charge in [0.25, 0.3) is 0 Å². The standard InChI is InChI=1S/C10H15ClSi/c1-9(2)8-12(11)10-6-4-3-5-7-10/h3-7,9,12H,8H2,1-2H3. The average Bonchev–Trinajstić information content (AvgIpc) is 2.05. The molecule has 0 saturated carbocycles. The molecule has 0 fully saturated rings. The Kier molecular flexibility index (Phi) is 3.83. The summed E-state index contributed by atoms with van der Waals surface area (Å²) in [7, 11) is -1.15. The van der Waals surface area contributed by atoms with Gasteiger partial charge in [-0.05, 0) is 17.1 Å². The predicted octanol–water partition coefficient (Wildman–Crippen LogP) is 2.51. The molecule has 0 N–H and O–H groups in total. The molecule has 0 heterocycles. The summed E-state index contributed by atoms with van der Waals surface area (Å²) in [6, 6.07) is 11.6. The largest absolute Gasteiger partial charge is 0.171 e. The minimum atomic E-state index is -1.15. The van der Waals surface area contributed by atoms with Gasteiger partial charge in [-0.3, -0.25) is 0 Å². The second-order valence-corrected chi connectivity index (χ2v) is 7.16. The lowest BCUT2D eigenvalue weighted by Crippen LogP contribution is -2.24. The van der Waals surface area contributed by atoms with Crippen molar-refractivity contribution in [3.8, 4) is 0 Å². The molecule has 0 amide bonds. The first-order valence-electron chi connectivity index (χ1n) is 4.39. The van der Waals surface area contributed by atoms with Gasteiger partial charge in [-0.1, -0.05) is 44.2 Å². The van der Waals surface area contributed by atoms with Crippen molar-refractivity contribution >= 4 is 24.4 Å². The number of benzene rings is 1. The minimum Gasteiger partial charge on any atom is -0.165 e. The highest BCUT2D eigenvalue weighted by Crippen LogP contribution is 2.08. The van der Waals surface area contributed by atoms with Crippen molar-refractivity contribution in [3.05, 3.63) is 30.3 Å². The Labute approximate surface area is 80.9 Å². The minimum absolute atomic E-state index is 0.722. The maximum absolute atomic E-state index is 6.34. The molecule has 0 radical (unpaired) electrons. The van der Waals surface area contributed by atoms with E-state index in [0.29, 0.717) is 0 Å². The molecule has 1 aromatic rings. The van der Waals surface area contributed by atoms with Gasteiger partial charge in [-0.15, -0.1) is 0 Å². The van der Waals surface area contributed by atoms with Gasteiger partial charge in [-0.25, -0.2) is 0 Å².